The van der Waals surface area contributed by atoms with Crippen LogP contribution >= 0.6 is 0 Å². The van der Waals surface area contributed by atoms with Gasteiger partial charge in [0.15, 0.2) is 17.5 Å². The van der Waals surface area contributed by atoms with E-state index >= 15 is 0 Å². The lowest BCUT2D eigenvalue weighted by molar-refractivity contribution is -0.137. The molecule has 5 nitrogen and oxygen atoms in total. The number of halogens is 3. The fourth-order valence-electron chi connectivity index (χ4n) is 7.49. The molecule has 3 aromatic heterocycles. The Morgan fingerprint density at radius 1 is 0.473 bits per heavy atom. The van der Waals surface area contributed by atoms with Crippen molar-refractivity contribution in [3.8, 4) is 51.0 Å². The highest BCUT2D eigenvalue weighted by atomic mass is 19.4. The SMILES string of the molecule is Cc1ccc2c3ccc(C(F)(F)F)cc3n(-c3ccc(-c4ccc5c(c4)oc4ccccc45)cc3-c3nc(-c4ccccc4)nc(-c4ccccc4)n3)c2c1. The van der Waals surface area contributed by atoms with Gasteiger partial charge in [0.2, 0.25) is 0 Å². The number of para-hydroxylation sites is 1. The number of fused-ring (bicyclic) bond motifs is 6. The van der Waals surface area contributed by atoms with Crippen molar-refractivity contribution in [2.75, 3.05) is 0 Å². The highest BCUT2D eigenvalue weighted by Gasteiger charge is 2.31. The van der Waals surface area contributed by atoms with E-state index in [9.17, 15) is 13.2 Å². The van der Waals surface area contributed by atoms with Crippen LogP contribution in [0.25, 0.3) is 94.7 Å². The van der Waals surface area contributed by atoms with Gasteiger partial charge in [0.1, 0.15) is 11.2 Å². The van der Waals surface area contributed by atoms with Crippen molar-refractivity contribution in [2.24, 2.45) is 0 Å². The Morgan fingerprint density at radius 2 is 1.04 bits per heavy atom. The molecule has 8 heteroatoms. The fraction of sp³-hybridized carbons (Fsp3) is 0.0426. The largest absolute Gasteiger partial charge is 0.456 e. The summed E-state index contributed by atoms with van der Waals surface area (Å²) in [6.07, 6.45) is -4.53. The molecule has 264 valence electrons. The van der Waals surface area contributed by atoms with E-state index in [1.165, 1.54) is 6.07 Å². The second-order valence-corrected chi connectivity index (χ2v) is 13.7. The first kappa shape index (κ1) is 32.6. The zero-order chi connectivity index (χ0) is 37.3. The van der Waals surface area contributed by atoms with E-state index in [1.54, 1.807) is 6.07 Å². The van der Waals surface area contributed by atoms with Gasteiger partial charge in [-0.1, -0.05) is 109 Å². The molecule has 0 aliphatic rings. The van der Waals surface area contributed by atoms with Gasteiger partial charge in [0.05, 0.1) is 22.3 Å². The Bertz CT molecular complexity index is 3040. The summed E-state index contributed by atoms with van der Waals surface area (Å²) in [7, 11) is 0. The highest BCUT2D eigenvalue weighted by molar-refractivity contribution is 6.10. The van der Waals surface area contributed by atoms with Crippen molar-refractivity contribution in [2.45, 2.75) is 13.1 Å². The molecule has 0 aliphatic heterocycles. The highest BCUT2D eigenvalue weighted by Crippen LogP contribution is 2.41. The second kappa shape index (κ2) is 12.5. The summed E-state index contributed by atoms with van der Waals surface area (Å²) in [6.45, 7) is 1.98. The summed E-state index contributed by atoms with van der Waals surface area (Å²) in [5.74, 6) is 1.33. The number of hydrogen-bond acceptors (Lipinski definition) is 4. The maximum absolute atomic E-state index is 14.3. The van der Waals surface area contributed by atoms with Gasteiger partial charge < -0.3 is 8.98 Å². The third-order valence-corrected chi connectivity index (χ3v) is 10.1. The van der Waals surface area contributed by atoms with E-state index in [2.05, 4.69) is 12.1 Å². The van der Waals surface area contributed by atoms with Crippen molar-refractivity contribution >= 4 is 43.7 Å². The van der Waals surface area contributed by atoms with Gasteiger partial charge >= 0.3 is 6.18 Å². The zero-order valence-corrected chi connectivity index (χ0v) is 29.3. The minimum Gasteiger partial charge on any atom is -0.456 e. The van der Waals surface area contributed by atoms with Crippen molar-refractivity contribution in [1.29, 1.82) is 0 Å². The molecule has 0 atom stereocenters. The first-order chi connectivity index (χ1) is 26.8. The van der Waals surface area contributed by atoms with Crippen LogP contribution in [-0.4, -0.2) is 19.5 Å². The van der Waals surface area contributed by atoms with Gasteiger partial charge in [0, 0.05) is 38.2 Å². The molecule has 7 aromatic carbocycles. The van der Waals surface area contributed by atoms with Gasteiger partial charge in [-0.3, -0.25) is 0 Å². The Hall–Kier alpha value is -7.06. The lowest BCUT2D eigenvalue weighted by Crippen LogP contribution is -2.06. The molecule has 0 spiro atoms. The van der Waals surface area contributed by atoms with E-state index in [4.69, 9.17) is 19.4 Å². The average molecular weight is 723 g/mol. The molecule has 3 heterocycles. The molecule has 0 saturated carbocycles. The standard InChI is InChI=1S/C47H29F3N4O/c1-28-16-20-34-35-22-19-33(47(48,49)50)27-41(35)54(40(34)24-28)39-23-18-31(32-17-21-37-36-14-8-9-15-42(36)55-43(37)26-32)25-38(39)46-52-44(29-10-4-2-5-11-29)51-45(53-46)30-12-6-3-7-13-30/h2-27H,1H3. The third-order valence-electron chi connectivity index (χ3n) is 10.1. The monoisotopic (exact) mass is 722 g/mol. The number of benzene rings is 7. The predicted molar refractivity (Wildman–Crippen MR) is 213 cm³/mol. The van der Waals surface area contributed by atoms with Crippen LogP contribution in [0.2, 0.25) is 0 Å². The Kier molecular flexibility index (Phi) is 7.42. The van der Waals surface area contributed by atoms with E-state index in [1.807, 2.05) is 139 Å². The summed E-state index contributed by atoms with van der Waals surface area (Å²) in [5, 5.41) is 3.59. The predicted octanol–water partition coefficient (Wildman–Crippen LogP) is 12.9. The van der Waals surface area contributed by atoms with Crippen molar-refractivity contribution in [1.82, 2.24) is 19.5 Å². The molecule has 0 unspecified atom stereocenters. The third kappa shape index (κ3) is 5.61. The second-order valence-electron chi connectivity index (χ2n) is 13.7. The van der Waals surface area contributed by atoms with E-state index in [-0.39, 0.29) is 0 Å². The first-order valence-corrected chi connectivity index (χ1v) is 17.8. The van der Waals surface area contributed by atoms with Crippen LogP contribution in [0, 0.1) is 6.92 Å². The van der Waals surface area contributed by atoms with Gasteiger partial charge in [0.25, 0.3) is 0 Å². The lowest BCUT2D eigenvalue weighted by atomic mass is 9.99. The summed E-state index contributed by atoms with van der Waals surface area (Å²) in [6, 6.07) is 49.3. The van der Waals surface area contributed by atoms with E-state index < -0.39 is 11.7 Å². The maximum Gasteiger partial charge on any atom is 0.416 e. The number of alkyl halides is 3. The van der Waals surface area contributed by atoms with Gasteiger partial charge in [-0.2, -0.15) is 13.2 Å². The molecule has 0 N–H and O–H groups in total. The van der Waals surface area contributed by atoms with Crippen molar-refractivity contribution < 1.29 is 17.6 Å². The van der Waals surface area contributed by atoms with E-state index in [0.717, 1.165) is 66.7 Å². The summed E-state index contributed by atoms with van der Waals surface area (Å²) < 4.78 is 51.1. The van der Waals surface area contributed by atoms with Crippen molar-refractivity contribution in [3.05, 3.63) is 169 Å². The number of nitrogens with zero attached hydrogens (tertiary/aromatic N) is 4. The van der Waals surface area contributed by atoms with Gasteiger partial charge in [-0.15, -0.1) is 0 Å². The number of furan rings is 1. The summed E-state index contributed by atoms with van der Waals surface area (Å²) >= 11 is 0. The van der Waals surface area contributed by atoms with Crippen LogP contribution in [-0.2, 0) is 6.18 Å². The minimum atomic E-state index is -4.53. The number of hydrogen-bond donors (Lipinski definition) is 0. The molecule has 0 amide bonds. The minimum absolute atomic E-state index is 0.379. The van der Waals surface area contributed by atoms with Crippen LogP contribution in [0.1, 0.15) is 11.1 Å². The maximum atomic E-state index is 14.3. The molecule has 0 radical (unpaired) electrons. The van der Waals surface area contributed by atoms with Crippen LogP contribution in [0.15, 0.2) is 162 Å². The molecule has 0 fully saturated rings. The normalized spacial score (nSPS) is 12.0. The quantitative estimate of drug-likeness (QED) is 0.177. The number of aryl methyl sites for hydroxylation is 1. The smallest absolute Gasteiger partial charge is 0.416 e. The van der Waals surface area contributed by atoms with Crippen LogP contribution in [0.4, 0.5) is 13.2 Å². The number of aromatic nitrogens is 4. The van der Waals surface area contributed by atoms with Crippen LogP contribution < -0.4 is 0 Å². The first-order valence-electron chi connectivity index (χ1n) is 17.8. The molecular formula is C47H29F3N4O. The molecule has 10 aromatic rings. The molecule has 0 bridgehead atoms. The number of rotatable bonds is 5. The Balaban J connectivity index is 1.28. The van der Waals surface area contributed by atoms with Crippen molar-refractivity contribution in [3.63, 3.8) is 0 Å². The Labute approximate surface area is 313 Å². The van der Waals surface area contributed by atoms with Crippen LogP contribution in [0.3, 0.4) is 0 Å². The molecule has 0 aliphatic carbocycles. The van der Waals surface area contributed by atoms with Gasteiger partial charge in [-0.25, -0.2) is 15.0 Å². The van der Waals surface area contributed by atoms with Crippen LogP contribution in [0.5, 0.6) is 0 Å². The Morgan fingerprint density at radius 3 is 1.75 bits per heavy atom. The summed E-state index contributed by atoms with van der Waals surface area (Å²) in [5.41, 5.74) is 7.61. The average Bonchev–Trinajstić information content (AvgIpc) is 3.75. The summed E-state index contributed by atoms with van der Waals surface area (Å²) in [4.78, 5) is 15.1. The van der Waals surface area contributed by atoms with E-state index in [0.29, 0.717) is 39.6 Å². The zero-order valence-electron chi connectivity index (χ0n) is 29.3. The molecule has 10 rings (SSSR count). The fourth-order valence-corrected chi connectivity index (χ4v) is 7.49. The lowest BCUT2D eigenvalue weighted by Gasteiger charge is -2.17. The molecule has 55 heavy (non-hydrogen) atoms. The van der Waals surface area contributed by atoms with Gasteiger partial charge in [-0.05, 0) is 72.1 Å². The molecular weight excluding hydrogens is 694 g/mol. The molecule has 0 saturated heterocycles. The topological polar surface area (TPSA) is 56.7 Å².